The Labute approximate surface area is 215 Å². The number of hydrogen-bond donors (Lipinski definition) is 1. The molecule has 0 bridgehead atoms. The molecule has 1 aliphatic carbocycles. The van der Waals surface area contributed by atoms with Crippen molar-refractivity contribution in [3.63, 3.8) is 0 Å². The lowest BCUT2D eigenvalue weighted by Crippen LogP contribution is -2.57. The van der Waals surface area contributed by atoms with E-state index in [0.717, 1.165) is 4.90 Å². The summed E-state index contributed by atoms with van der Waals surface area (Å²) in [6, 6.07) is 15.7. The van der Waals surface area contributed by atoms with Crippen LogP contribution in [0.1, 0.15) is 58.1 Å². The molecule has 0 radical (unpaired) electrons. The summed E-state index contributed by atoms with van der Waals surface area (Å²) in [7, 11) is 0. The van der Waals surface area contributed by atoms with Crippen molar-refractivity contribution in [3.05, 3.63) is 77.1 Å². The molecule has 3 unspecified atom stereocenters. The van der Waals surface area contributed by atoms with Crippen LogP contribution in [0.4, 0.5) is 5.69 Å². The van der Waals surface area contributed by atoms with Gasteiger partial charge in [0.2, 0.25) is 11.8 Å². The number of nitrogens with zero attached hydrogens (tertiary/aromatic N) is 1. The third-order valence-corrected chi connectivity index (χ3v) is 6.80. The largest absolute Gasteiger partial charge is 0.512 e. The van der Waals surface area contributed by atoms with Crippen LogP contribution in [0.3, 0.4) is 0 Å². The standard InChI is InChI=1S/C29H31NO7/c1-6-36-25(33)23-22(32)16-20(18-12-8-7-9-13-18)29(24(23)26(34)37-28(3,4)5)19-14-10-11-15-21(19)30(17(2)31)27(29)35/h7-15,20,24,32H,6,16H2,1-5H3. The number of rotatable bonds is 4. The van der Waals surface area contributed by atoms with Crippen LogP contribution in [0.5, 0.6) is 0 Å². The first-order valence-corrected chi connectivity index (χ1v) is 12.3. The highest BCUT2D eigenvalue weighted by atomic mass is 16.6. The lowest BCUT2D eigenvalue weighted by atomic mass is 9.55. The number of aliphatic hydroxyl groups excluding tert-OH is 1. The first kappa shape index (κ1) is 26.1. The number of anilines is 1. The molecule has 194 valence electrons. The minimum absolute atomic E-state index is 0.00410. The smallest absolute Gasteiger partial charge is 0.338 e. The van der Waals surface area contributed by atoms with Gasteiger partial charge in [0.25, 0.3) is 0 Å². The first-order chi connectivity index (χ1) is 17.4. The molecule has 1 N–H and O–H groups in total. The number of esters is 2. The Hall–Kier alpha value is -3.94. The van der Waals surface area contributed by atoms with E-state index in [1.54, 1.807) is 76.2 Å². The van der Waals surface area contributed by atoms with Gasteiger partial charge in [0.1, 0.15) is 22.7 Å². The van der Waals surface area contributed by atoms with Crippen molar-refractivity contribution in [2.24, 2.45) is 5.92 Å². The number of imide groups is 1. The molecule has 0 saturated carbocycles. The van der Waals surface area contributed by atoms with Crippen molar-refractivity contribution in [2.75, 3.05) is 11.5 Å². The van der Waals surface area contributed by atoms with Crippen molar-refractivity contribution in [2.45, 2.75) is 58.0 Å². The zero-order chi connectivity index (χ0) is 27.1. The third kappa shape index (κ3) is 4.20. The molecule has 1 aliphatic heterocycles. The predicted octanol–water partition coefficient (Wildman–Crippen LogP) is 4.34. The Morgan fingerprint density at radius 3 is 2.27 bits per heavy atom. The Kier molecular flexibility index (Phi) is 6.71. The van der Waals surface area contributed by atoms with Gasteiger partial charge < -0.3 is 14.6 Å². The summed E-state index contributed by atoms with van der Waals surface area (Å²) in [6.45, 7) is 7.90. The molecule has 3 atom stereocenters. The zero-order valence-corrected chi connectivity index (χ0v) is 21.6. The molecule has 8 nitrogen and oxygen atoms in total. The van der Waals surface area contributed by atoms with Gasteiger partial charge in [-0.1, -0.05) is 48.5 Å². The number of para-hydroxylation sites is 1. The normalized spacial score (nSPS) is 23.2. The van der Waals surface area contributed by atoms with Crippen molar-refractivity contribution < 1.29 is 33.8 Å². The van der Waals surface area contributed by atoms with E-state index in [1.165, 1.54) is 6.92 Å². The second-order valence-electron chi connectivity index (χ2n) is 10.3. The zero-order valence-electron chi connectivity index (χ0n) is 21.6. The van der Waals surface area contributed by atoms with Crippen LogP contribution < -0.4 is 4.90 Å². The summed E-state index contributed by atoms with van der Waals surface area (Å²) in [6.07, 6.45) is -0.122. The number of fused-ring (bicyclic) bond motifs is 2. The second kappa shape index (κ2) is 9.50. The molecule has 2 aliphatic rings. The molecule has 0 aromatic heterocycles. The van der Waals surface area contributed by atoms with Gasteiger partial charge in [-0.2, -0.15) is 0 Å². The molecule has 1 spiro atoms. The number of allylic oxidation sites excluding steroid dienone is 1. The highest BCUT2D eigenvalue weighted by Gasteiger charge is 2.67. The topological polar surface area (TPSA) is 110 Å². The van der Waals surface area contributed by atoms with E-state index in [-0.39, 0.29) is 24.4 Å². The van der Waals surface area contributed by atoms with E-state index in [9.17, 15) is 24.3 Å². The van der Waals surface area contributed by atoms with E-state index < -0.39 is 46.6 Å². The van der Waals surface area contributed by atoms with Crippen LogP contribution >= 0.6 is 0 Å². The molecular weight excluding hydrogens is 474 g/mol. The Morgan fingerprint density at radius 1 is 1.05 bits per heavy atom. The lowest BCUT2D eigenvalue weighted by molar-refractivity contribution is -0.166. The minimum atomic E-state index is -1.75. The Balaban J connectivity index is 2.12. The van der Waals surface area contributed by atoms with Gasteiger partial charge in [-0.3, -0.25) is 14.4 Å². The molecule has 2 aromatic rings. The molecule has 2 aromatic carbocycles. The predicted molar refractivity (Wildman–Crippen MR) is 136 cm³/mol. The number of carbonyl (C=O) groups excluding carboxylic acids is 4. The number of ether oxygens (including phenoxy) is 2. The van der Waals surface area contributed by atoms with Gasteiger partial charge >= 0.3 is 11.9 Å². The van der Waals surface area contributed by atoms with Gasteiger partial charge in [-0.15, -0.1) is 0 Å². The van der Waals surface area contributed by atoms with Crippen LogP contribution in [0, 0.1) is 5.92 Å². The summed E-state index contributed by atoms with van der Waals surface area (Å²) < 4.78 is 11.0. The summed E-state index contributed by atoms with van der Waals surface area (Å²) in [5.41, 5.74) is -1.63. The second-order valence-corrected chi connectivity index (χ2v) is 10.3. The summed E-state index contributed by atoms with van der Waals surface area (Å²) in [5, 5.41) is 11.2. The number of amides is 2. The van der Waals surface area contributed by atoms with E-state index >= 15 is 0 Å². The lowest BCUT2D eigenvalue weighted by Gasteiger charge is -2.45. The van der Waals surface area contributed by atoms with E-state index in [4.69, 9.17) is 9.47 Å². The van der Waals surface area contributed by atoms with Gasteiger partial charge in [-0.05, 0) is 44.9 Å². The van der Waals surface area contributed by atoms with Crippen LogP contribution in [-0.2, 0) is 34.1 Å². The van der Waals surface area contributed by atoms with Crippen LogP contribution in [-0.4, -0.2) is 41.1 Å². The third-order valence-electron chi connectivity index (χ3n) is 6.80. The Morgan fingerprint density at radius 2 is 1.68 bits per heavy atom. The maximum Gasteiger partial charge on any atom is 0.338 e. The quantitative estimate of drug-likeness (QED) is 0.616. The number of aliphatic hydroxyl groups is 1. The number of benzene rings is 2. The summed E-state index contributed by atoms with van der Waals surface area (Å²) >= 11 is 0. The van der Waals surface area contributed by atoms with Crippen molar-refractivity contribution in [1.82, 2.24) is 0 Å². The highest BCUT2D eigenvalue weighted by Crippen LogP contribution is 2.60. The van der Waals surface area contributed by atoms with Crippen molar-refractivity contribution in [3.8, 4) is 0 Å². The van der Waals surface area contributed by atoms with Crippen LogP contribution in [0.2, 0.25) is 0 Å². The van der Waals surface area contributed by atoms with Crippen molar-refractivity contribution in [1.29, 1.82) is 0 Å². The fraction of sp³-hybridized carbons (Fsp3) is 0.379. The maximum atomic E-state index is 14.5. The van der Waals surface area contributed by atoms with E-state index in [0.29, 0.717) is 16.8 Å². The van der Waals surface area contributed by atoms with Gasteiger partial charge in [0.15, 0.2) is 0 Å². The Bertz CT molecular complexity index is 1290. The molecule has 37 heavy (non-hydrogen) atoms. The molecule has 4 rings (SSSR count). The molecule has 0 saturated heterocycles. The van der Waals surface area contributed by atoms with E-state index in [2.05, 4.69) is 0 Å². The maximum absolute atomic E-state index is 14.5. The van der Waals surface area contributed by atoms with Gasteiger partial charge in [0, 0.05) is 19.3 Å². The first-order valence-electron chi connectivity index (χ1n) is 12.3. The van der Waals surface area contributed by atoms with Gasteiger partial charge in [0.05, 0.1) is 17.9 Å². The fourth-order valence-corrected chi connectivity index (χ4v) is 5.59. The fourth-order valence-electron chi connectivity index (χ4n) is 5.59. The monoisotopic (exact) mass is 505 g/mol. The van der Waals surface area contributed by atoms with E-state index in [1.807, 2.05) is 6.07 Å². The molecule has 2 amide bonds. The SMILES string of the molecule is CCOC(=O)C1=C(O)CC(c2ccccc2)C2(C(=O)N(C(C)=O)c3ccccc32)C1C(=O)OC(C)(C)C. The van der Waals surface area contributed by atoms with Gasteiger partial charge in [-0.25, -0.2) is 9.69 Å². The van der Waals surface area contributed by atoms with Crippen LogP contribution in [0.25, 0.3) is 0 Å². The number of hydrogen-bond acceptors (Lipinski definition) is 7. The average molecular weight is 506 g/mol. The minimum Gasteiger partial charge on any atom is -0.512 e. The molecule has 8 heteroatoms. The van der Waals surface area contributed by atoms with Crippen molar-refractivity contribution >= 4 is 29.4 Å². The average Bonchev–Trinajstić information content (AvgIpc) is 3.08. The number of carbonyl (C=O) groups is 4. The highest BCUT2D eigenvalue weighted by molar-refractivity contribution is 6.24. The van der Waals surface area contributed by atoms with Crippen LogP contribution in [0.15, 0.2) is 65.9 Å². The molecule has 1 heterocycles. The summed E-state index contributed by atoms with van der Waals surface area (Å²) in [5.74, 6) is -5.66. The summed E-state index contributed by atoms with van der Waals surface area (Å²) in [4.78, 5) is 55.7. The molecular formula is C29H31NO7. The molecule has 0 fully saturated rings.